The highest BCUT2D eigenvalue weighted by Crippen LogP contribution is 2.24. The zero-order valence-electron chi connectivity index (χ0n) is 16.8. The van der Waals surface area contributed by atoms with E-state index in [0.29, 0.717) is 37.3 Å². The van der Waals surface area contributed by atoms with Crippen molar-refractivity contribution in [3.8, 4) is 11.6 Å². The van der Waals surface area contributed by atoms with E-state index in [4.69, 9.17) is 25.8 Å². The number of phenolic OH excluding ortho intramolecular Hbond substituents is 1. The van der Waals surface area contributed by atoms with Gasteiger partial charge in [-0.15, -0.1) is 0 Å². The third-order valence-electron chi connectivity index (χ3n) is 4.49. The Hall–Kier alpha value is -2.07. The third kappa shape index (κ3) is 6.21. The fourth-order valence-corrected chi connectivity index (χ4v) is 3.60. The fourth-order valence-electron chi connectivity index (χ4n) is 3.01. The highest BCUT2D eigenvalue weighted by Gasteiger charge is 2.25. The smallest absolute Gasteiger partial charge is 0.227 e. The van der Waals surface area contributed by atoms with Crippen LogP contribution in [0.15, 0.2) is 29.4 Å². The number of aromatic nitrogens is 2. The van der Waals surface area contributed by atoms with E-state index in [9.17, 15) is 9.90 Å². The summed E-state index contributed by atoms with van der Waals surface area (Å²) >= 11 is 7.35. The number of phenols is 1. The quantitative estimate of drug-likeness (QED) is 0.481. The highest BCUT2D eigenvalue weighted by atomic mass is 35.5. The molecule has 1 fully saturated rings. The third-order valence-corrected chi connectivity index (χ3v) is 5.34. The van der Waals surface area contributed by atoms with Crippen molar-refractivity contribution >= 4 is 29.3 Å². The lowest BCUT2D eigenvalue weighted by Crippen LogP contribution is -2.48. The molecule has 0 spiro atoms. The summed E-state index contributed by atoms with van der Waals surface area (Å²) in [5.41, 5.74) is 1.49. The van der Waals surface area contributed by atoms with Gasteiger partial charge in [0.05, 0.1) is 36.9 Å². The molecule has 1 unspecified atom stereocenters. The summed E-state index contributed by atoms with van der Waals surface area (Å²) in [6.45, 7) is 2.02. The van der Waals surface area contributed by atoms with Crippen LogP contribution in [-0.4, -0.2) is 71.7 Å². The Bertz CT molecular complexity index is 886. The van der Waals surface area contributed by atoms with Crippen LogP contribution in [-0.2, 0) is 27.3 Å². The van der Waals surface area contributed by atoms with Crippen LogP contribution in [0.1, 0.15) is 11.3 Å². The Morgan fingerprint density at radius 3 is 2.97 bits per heavy atom. The van der Waals surface area contributed by atoms with Crippen molar-refractivity contribution in [1.29, 1.82) is 0 Å². The first-order valence-corrected chi connectivity index (χ1v) is 11.0. The van der Waals surface area contributed by atoms with E-state index in [1.165, 1.54) is 17.8 Å². The number of methoxy groups -OCH3 is 1. The molecule has 1 N–H and O–H groups in total. The van der Waals surface area contributed by atoms with E-state index in [2.05, 4.69) is 9.97 Å². The Kier molecular flexibility index (Phi) is 8.15. The second-order valence-electron chi connectivity index (χ2n) is 6.72. The van der Waals surface area contributed by atoms with Crippen molar-refractivity contribution in [2.45, 2.75) is 24.3 Å². The molecule has 0 aliphatic carbocycles. The van der Waals surface area contributed by atoms with Gasteiger partial charge in [0.15, 0.2) is 5.16 Å². The molecule has 2 aromatic rings. The van der Waals surface area contributed by atoms with E-state index < -0.39 is 0 Å². The second-order valence-corrected chi connectivity index (χ2v) is 7.90. The van der Waals surface area contributed by atoms with Gasteiger partial charge in [0.2, 0.25) is 11.8 Å². The molecule has 0 bridgehead atoms. The molecule has 1 aromatic carbocycles. The number of hydrogen-bond donors (Lipinski definition) is 1. The van der Waals surface area contributed by atoms with E-state index >= 15 is 0 Å². The molecule has 1 aliphatic heterocycles. The number of carbonyl (C=O) groups excluding carboxylic acids is 1. The molecule has 1 aliphatic rings. The van der Waals surface area contributed by atoms with Crippen molar-refractivity contribution in [2.24, 2.45) is 0 Å². The van der Waals surface area contributed by atoms with Gasteiger partial charge in [0, 0.05) is 19.7 Å². The number of ether oxygens (including phenoxy) is 3. The minimum absolute atomic E-state index is 0.000500. The van der Waals surface area contributed by atoms with E-state index in [1.807, 2.05) is 6.26 Å². The maximum absolute atomic E-state index is 12.7. The molecule has 0 saturated carbocycles. The Morgan fingerprint density at radius 2 is 2.23 bits per heavy atom. The number of thioether (sulfide) groups is 1. The molecular formula is C20H24ClN3O5S. The van der Waals surface area contributed by atoms with Gasteiger partial charge in [0.1, 0.15) is 18.5 Å². The number of rotatable bonds is 8. The van der Waals surface area contributed by atoms with Gasteiger partial charge in [-0.1, -0.05) is 29.4 Å². The number of carbonyl (C=O) groups is 1. The van der Waals surface area contributed by atoms with Crippen LogP contribution in [0.4, 0.5) is 0 Å². The highest BCUT2D eigenvalue weighted by molar-refractivity contribution is 7.98. The number of morpholine rings is 1. The predicted molar refractivity (Wildman–Crippen MR) is 113 cm³/mol. The zero-order valence-corrected chi connectivity index (χ0v) is 18.4. The molecule has 1 aromatic heterocycles. The first-order valence-electron chi connectivity index (χ1n) is 9.39. The number of hydrogen-bond acceptors (Lipinski definition) is 8. The standard InChI is InChI=1S/C20H24ClN3O5S/c1-27-11-14-9-18(23-20(22-14)30-2)29-12-15-10-24(5-6-28-15)19(26)8-13-3-4-17(25)16(21)7-13/h3-4,7,9,15,25H,5-6,8,10-12H2,1-2H3. The van der Waals surface area contributed by atoms with Crippen LogP contribution in [0.3, 0.4) is 0 Å². The molecule has 8 nitrogen and oxygen atoms in total. The molecule has 1 saturated heterocycles. The average Bonchev–Trinajstić information content (AvgIpc) is 2.75. The number of aromatic hydroxyl groups is 1. The predicted octanol–water partition coefficient (Wildman–Crippen LogP) is 2.55. The zero-order chi connectivity index (χ0) is 21.5. The first-order chi connectivity index (χ1) is 14.5. The van der Waals surface area contributed by atoms with E-state index in [1.54, 1.807) is 30.2 Å². The van der Waals surface area contributed by atoms with Crippen molar-refractivity contribution in [2.75, 3.05) is 39.7 Å². The van der Waals surface area contributed by atoms with Crippen LogP contribution < -0.4 is 4.74 Å². The summed E-state index contributed by atoms with van der Waals surface area (Å²) in [5, 5.41) is 10.4. The molecule has 0 radical (unpaired) electrons. The van der Waals surface area contributed by atoms with Crippen LogP contribution in [0.25, 0.3) is 0 Å². The monoisotopic (exact) mass is 453 g/mol. The second kappa shape index (κ2) is 10.8. The van der Waals surface area contributed by atoms with Gasteiger partial charge in [-0.2, -0.15) is 4.98 Å². The Morgan fingerprint density at radius 1 is 1.40 bits per heavy atom. The van der Waals surface area contributed by atoms with Crippen molar-refractivity contribution in [3.05, 3.63) is 40.5 Å². The summed E-state index contributed by atoms with van der Waals surface area (Å²) in [4.78, 5) is 23.1. The number of nitrogens with zero attached hydrogens (tertiary/aromatic N) is 3. The average molecular weight is 454 g/mol. The van der Waals surface area contributed by atoms with Crippen molar-refractivity contribution < 1.29 is 24.1 Å². The van der Waals surface area contributed by atoms with Crippen molar-refractivity contribution in [3.63, 3.8) is 0 Å². The maximum atomic E-state index is 12.7. The van der Waals surface area contributed by atoms with Crippen LogP contribution in [0.2, 0.25) is 5.02 Å². The fraction of sp³-hybridized carbons (Fsp3) is 0.450. The van der Waals surface area contributed by atoms with Crippen molar-refractivity contribution in [1.82, 2.24) is 14.9 Å². The van der Waals surface area contributed by atoms with Crippen LogP contribution >= 0.6 is 23.4 Å². The van der Waals surface area contributed by atoms with E-state index in [0.717, 1.165) is 11.3 Å². The largest absolute Gasteiger partial charge is 0.506 e. The summed E-state index contributed by atoms with van der Waals surface area (Å²) in [6.07, 6.45) is 1.84. The lowest BCUT2D eigenvalue weighted by molar-refractivity contribution is -0.139. The van der Waals surface area contributed by atoms with Gasteiger partial charge in [-0.05, 0) is 24.0 Å². The summed E-state index contributed by atoms with van der Waals surface area (Å²) in [5.74, 6) is 0.422. The molecule has 162 valence electrons. The van der Waals surface area contributed by atoms with Crippen LogP contribution in [0, 0.1) is 0 Å². The summed E-state index contributed by atoms with van der Waals surface area (Å²) in [6, 6.07) is 6.52. The number of amides is 1. The number of halogens is 1. The molecule has 30 heavy (non-hydrogen) atoms. The van der Waals surface area contributed by atoms with E-state index in [-0.39, 0.29) is 35.8 Å². The van der Waals surface area contributed by atoms with Gasteiger partial charge >= 0.3 is 0 Å². The molecular weight excluding hydrogens is 430 g/mol. The Labute approximate surface area is 184 Å². The SMILES string of the molecule is COCc1cc(OCC2CN(C(=O)Cc3ccc(O)c(Cl)c3)CCO2)nc(SC)n1. The summed E-state index contributed by atoms with van der Waals surface area (Å²) in [7, 11) is 1.61. The minimum atomic E-state index is -0.260. The van der Waals surface area contributed by atoms with Gasteiger partial charge < -0.3 is 24.2 Å². The number of benzene rings is 1. The lowest BCUT2D eigenvalue weighted by Gasteiger charge is -2.33. The van der Waals surface area contributed by atoms with Crippen LogP contribution in [0.5, 0.6) is 11.6 Å². The van der Waals surface area contributed by atoms with Gasteiger partial charge in [-0.3, -0.25) is 4.79 Å². The first kappa shape index (κ1) is 22.6. The molecule has 2 heterocycles. The normalized spacial score (nSPS) is 16.5. The van der Waals surface area contributed by atoms with Gasteiger partial charge in [0.25, 0.3) is 0 Å². The maximum Gasteiger partial charge on any atom is 0.227 e. The molecule has 1 amide bonds. The molecule has 3 rings (SSSR count). The topological polar surface area (TPSA) is 94.0 Å². The molecule has 1 atom stereocenters. The minimum Gasteiger partial charge on any atom is -0.506 e. The van der Waals surface area contributed by atoms with Gasteiger partial charge in [-0.25, -0.2) is 4.98 Å². The lowest BCUT2D eigenvalue weighted by atomic mass is 10.1. The molecule has 10 heteroatoms. The summed E-state index contributed by atoms with van der Waals surface area (Å²) < 4.78 is 16.7. The Balaban J connectivity index is 1.56.